The molecular formula is C23H35N3O2. The van der Waals surface area contributed by atoms with Gasteiger partial charge in [-0.15, -0.1) is 0 Å². The number of allylic oxidation sites excluding steroid dienone is 1. The highest BCUT2D eigenvalue weighted by Gasteiger charge is 2.25. The Balaban J connectivity index is 1.37. The standard InChI is InChI=1S/C23H35N3O2/c1-19(23(27)24-13-12-20-6-4-3-5-7-20)26-16-14-25(15-17-26)18-21-8-10-22(28-2)11-9-21/h6,8-11,19H,3-5,7,12-18H2,1-2H3,(H,24,27)/t19-/m1/s1. The van der Waals surface area contributed by atoms with E-state index in [0.29, 0.717) is 0 Å². The van der Waals surface area contributed by atoms with Gasteiger partial charge in [0, 0.05) is 39.3 Å². The van der Waals surface area contributed by atoms with Gasteiger partial charge in [-0.25, -0.2) is 0 Å². The molecule has 0 saturated carbocycles. The van der Waals surface area contributed by atoms with Crippen LogP contribution in [0.1, 0.15) is 44.6 Å². The van der Waals surface area contributed by atoms with Crippen molar-refractivity contribution in [3.63, 3.8) is 0 Å². The fourth-order valence-corrected chi connectivity index (χ4v) is 4.09. The monoisotopic (exact) mass is 385 g/mol. The van der Waals surface area contributed by atoms with Gasteiger partial charge in [-0.1, -0.05) is 23.8 Å². The Kier molecular flexibility index (Phi) is 7.92. The zero-order valence-corrected chi connectivity index (χ0v) is 17.5. The predicted molar refractivity (Wildman–Crippen MR) is 113 cm³/mol. The normalized spacial score (nSPS) is 19.7. The molecule has 1 aromatic rings. The van der Waals surface area contributed by atoms with Crippen LogP contribution in [0, 0.1) is 0 Å². The minimum atomic E-state index is -0.0523. The molecule has 0 spiro atoms. The zero-order chi connectivity index (χ0) is 19.8. The first kappa shape index (κ1) is 20.9. The second-order valence-electron chi connectivity index (χ2n) is 7.99. The lowest BCUT2D eigenvalue weighted by atomic mass is 9.97. The maximum absolute atomic E-state index is 12.5. The van der Waals surface area contributed by atoms with Gasteiger partial charge in [-0.2, -0.15) is 0 Å². The van der Waals surface area contributed by atoms with Crippen LogP contribution in [-0.2, 0) is 11.3 Å². The quantitative estimate of drug-likeness (QED) is 0.698. The molecule has 2 aliphatic rings. The molecular weight excluding hydrogens is 350 g/mol. The number of hydrogen-bond donors (Lipinski definition) is 1. The number of rotatable bonds is 8. The van der Waals surface area contributed by atoms with E-state index in [1.165, 1.54) is 36.8 Å². The van der Waals surface area contributed by atoms with Gasteiger partial charge < -0.3 is 10.1 Å². The first-order valence-electron chi connectivity index (χ1n) is 10.7. The van der Waals surface area contributed by atoms with Crippen LogP contribution in [0.5, 0.6) is 5.75 Å². The fourth-order valence-electron chi connectivity index (χ4n) is 4.09. The third-order valence-corrected chi connectivity index (χ3v) is 6.03. The van der Waals surface area contributed by atoms with Gasteiger partial charge in [-0.3, -0.25) is 14.6 Å². The molecule has 1 amide bonds. The molecule has 0 bridgehead atoms. The van der Waals surface area contributed by atoms with E-state index in [1.54, 1.807) is 7.11 Å². The van der Waals surface area contributed by atoms with Crippen LogP contribution < -0.4 is 10.1 Å². The summed E-state index contributed by atoms with van der Waals surface area (Å²) in [6.07, 6.45) is 8.41. The molecule has 1 saturated heterocycles. The molecule has 1 atom stereocenters. The van der Waals surface area contributed by atoms with Gasteiger partial charge in [0.2, 0.25) is 5.91 Å². The van der Waals surface area contributed by atoms with Gasteiger partial charge in [0.15, 0.2) is 0 Å². The highest BCUT2D eigenvalue weighted by Crippen LogP contribution is 2.19. The summed E-state index contributed by atoms with van der Waals surface area (Å²) >= 11 is 0. The van der Waals surface area contributed by atoms with Crippen LogP contribution in [-0.4, -0.2) is 61.6 Å². The highest BCUT2D eigenvalue weighted by atomic mass is 16.5. The van der Waals surface area contributed by atoms with Crippen molar-refractivity contribution in [2.45, 2.75) is 51.6 Å². The maximum atomic E-state index is 12.5. The van der Waals surface area contributed by atoms with E-state index in [-0.39, 0.29) is 11.9 Å². The van der Waals surface area contributed by atoms with Crippen LogP contribution >= 0.6 is 0 Å². The third kappa shape index (κ3) is 6.08. The average molecular weight is 386 g/mol. The largest absolute Gasteiger partial charge is 0.497 e. The maximum Gasteiger partial charge on any atom is 0.237 e. The molecule has 5 nitrogen and oxygen atoms in total. The molecule has 5 heteroatoms. The Labute approximate surface area is 169 Å². The molecule has 28 heavy (non-hydrogen) atoms. The van der Waals surface area contributed by atoms with Gasteiger partial charge in [-0.05, 0) is 56.7 Å². The molecule has 3 rings (SSSR count). The summed E-state index contributed by atoms with van der Waals surface area (Å²) in [5.74, 6) is 1.06. The lowest BCUT2D eigenvalue weighted by molar-refractivity contribution is -0.126. The van der Waals surface area contributed by atoms with Gasteiger partial charge in [0.05, 0.1) is 13.2 Å². The fraction of sp³-hybridized carbons (Fsp3) is 0.609. The van der Waals surface area contributed by atoms with Crippen LogP contribution in [0.25, 0.3) is 0 Å². The average Bonchev–Trinajstić information content (AvgIpc) is 2.75. The highest BCUT2D eigenvalue weighted by molar-refractivity contribution is 5.81. The number of carbonyl (C=O) groups is 1. The van der Waals surface area contributed by atoms with Gasteiger partial charge in [0.1, 0.15) is 5.75 Å². The summed E-state index contributed by atoms with van der Waals surface area (Å²) in [5, 5.41) is 3.14. The number of piperazine rings is 1. The van der Waals surface area contributed by atoms with E-state index < -0.39 is 0 Å². The van der Waals surface area contributed by atoms with E-state index in [1.807, 2.05) is 19.1 Å². The van der Waals surface area contributed by atoms with E-state index in [4.69, 9.17) is 4.74 Å². The van der Waals surface area contributed by atoms with Crippen molar-refractivity contribution in [2.24, 2.45) is 0 Å². The summed E-state index contributed by atoms with van der Waals surface area (Å²) in [6, 6.07) is 8.23. The molecule has 154 valence electrons. The van der Waals surface area contributed by atoms with Gasteiger partial charge in [0.25, 0.3) is 0 Å². The number of carbonyl (C=O) groups excluding carboxylic acids is 1. The second kappa shape index (κ2) is 10.6. The van der Waals surface area contributed by atoms with Crippen LogP contribution in [0.2, 0.25) is 0 Å². The van der Waals surface area contributed by atoms with Crippen molar-refractivity contribution in [2.75, 3.05) is 39.8 Å². The van der Waals surface area contributed by atoms with E-state index in [9.17, 15) is 4.79 Å². The number of methoxy groups -OCH3 is 1. The number of amides is 1. The SMILES string of the molecule is COc1ccc(CN2CCN([C@H](C)C(=O)NCCC3=CCCCC3)CC2)cc1. The molecule has 1 N–H and O–H groups in total. The summed E-state index contributed by atoms with van der Waals surface area (Å²) in [5.41, 5.74) is 2.82. The van der Waals surface area contributed by atoms with Crippen molar-refractivity contribution in [1.29, 1.82) is 0 Å². The molecule has 0 radical (unpaired) electrons. The number of hydrogen-bond acceptors (Lipinski definition) is 4. The summed E-state index contributed by atoms with van der Waals surface area (Å²) in [6.45, 7) is 7.63. The third-order valence-electron chi connectivity index (χ3n) is 6.03. The molecule has 0 unspecified atom stereocenters. The smallest absolute Gasteiger partial charge is 0.237 e. The predicted octanol–water partition coefficient (Wildman–Crippen LogP) is 3.21. The Morgan fingerprint density at radius 3 is 2.54 bits per heavy atom. The minimum Gasteiger partial charge on any atom is -0.497 e. The first-order chi connectivity index (χ1) is 13.7. The molecule has 1 aliphatic carbocycles. The van der Waals surface area contributed by atoms with Crippen molar-refractivity contribution in [3.05, 3.63) is 41.5 Å². The van der Waals surface area contributed by atoms with Crippen molar-refractivity contribution in [3.8, 4) is 5.75 Å². The summed E-state index contributed by atoms with van der Waals surface area (Å²) in [7, 11) is 1.69. The molecule has 1 fully saturated rings. The number of nitrogens with zero attached hydrogens (tertiary/aromatic N) is 2. The molecule has 1 heterocycles. The van der Waals surface area contributed by atoms with Crippen molar-refractivity contribution in [1.82, 2.24) is 15.1 Å². The van der Waals surface area contributed by atoms with Crippen molar-refractivity contribution >= 4 is 5.91 Å². The molecule has 0 aromatic heterocycles. The second-order valence-corrected chi connectivity index (χ2v) is 7.99. The Hall–Kier alpha value is -1.85. The number of ether oxygens (including phenoxy) is 1. The topological polar surface area (TPSA) is 44.8 Å². The van der Waals surface area contributed by atoms with E-state index >= 15 is 0 Å². The summed E-state index contributed by atoms with van der Waals surface area (Å²) in [4.78, 5) is 17.3. The first-order valence-corrected chi connectivity index (χ1v) is 10.7. The van der Waals surface area contributed by atoms with E-state index in [2.05, 4.69) is 33.3 Å². The van der Waals surface area contributed by atoms with Crippen LogP contribution in [0.4, 0.5) is 0 Å². The lowest BCUT2D eigenvalue weighted by Gasteiger charge is -2.37. The summed E-state index contributed by atoms with van der Waals surface area (Å²) < 4.78 is 5.22. The van der Waals surface area contributed by atoms with E-state index in [0.717, 1.165) is 51.4 Å². The van der Waals surface area contributed by atoms with Crippen LogP contribution in [0.15, 0.2) is 35.9 Å². The molecule has 1 aromatic carbocycles. The molecule has 1 aliphatic heterocycles. The number of nitrogens with one attached hydrogen (secondary N) is 1. The Morgan fingerprint density at radius 1 is 1.14 bits per heavy atom. The van der Waals surface area contributed by atoms with Crippen LogP contribution in [0.3, 0.4) is 0 Å². The zero-order valence-electron chi connectivity index (χ0n) is 17.5. The number of benzene rings is 1. The Morgan fingerprint density at radius 2 is 1.89 bits per heavy atom. The van der Waals surface area contributed by atoms with Gasteiger partial charge >= 0.3 is 0 Å². The minimum absolute atomic E-state index is 0.0523. The lowest BCUT2D eigenvalue weighted by Crippen LogP contribution is -2.53. The Bertz CT molecular complexity index is 648. The van der Waals surface area contributed by atoms with Crippen molar-refractivity contribution < 1.29 is 9.53 Å².